The highest BCUT2D eigenvalue weighted by molar-refractivity contribution is 5.78. The van der Waals surface area contributed by atoms with Gasteiger partial charge in [0.1, 0.15) is 0 Å². The largest absolute Gasteiger partial charge is 0.396 e. The van der Waals surface area contributed by atoms with Crippen LogP contribution in [0.5, 0.6) is 0 Å². The van der Waals surface area contributed by atoms with Crippen molar-refractivity contribution < 1.29 is 14.6 Å². The zero-order chi connectivity index (χ0) is 13.1. The summed E-state index contributed by atoms with van der Waals surface area (Å²) in [6.07, 6.45) is 0. The van der Waals surface area contributed by atoms with Gasteiger partial charge >= 0.3 is 0 Å². The van der Waals surface area contributed by atoms with Crippen molar-refractivity contribution >= 4 is 5.91 Å². The number of nitrogens with one attached hydrogen (secondary N) is 1. The molecule has 0 aliphatic carbocycles. The number of hydrogen-bond acceptors (Lipinski definition) is 4. The van der Waals surface area contributed by atoms with Crippen LogP contribution in [0.15, 0.2) is 0 Å². The second-order valence-corrected chi connectivity index (χ2v) is 6.12. The molecule has 1 aliphatic rings. The lowest BCUT2D eigenvalue weighted by Crippen LogP contribution is -2.54. The molecule has 0 aromatic heterocycles. The fourth-order valence-electron chi connectivity index (χ4n) is 1.95. The summed E-state index contributed by atoms with van der Waals surface area (Å²) < 4.78 is 5.13. The highest BCUT2D eigenvalue weighted by Crippen LogP contribution is 2.27. The van der Waals surface area contributed by atoms with E-state index in [1.54, 1.807) is 0 Å². The van der Waals surface area contributed by atoms with Crippen LogP contribution in [0.1, 0.15) is 20.8 Å². The molecule has 0 atom stereocenters. The lowest BCUT2D eigenvalue weighted by Gasteiger charge is -2.42. The molecule has 1 rings (SSSR count). The summed E-state index contributed by atoms with van der Waals surface area (Å²) in [5, 5.41) is 12.2. The predicted molar refractivity (Wildman–Crippen MR) is 65.7 cm³/mol. The molecule has 1 fully saturated rings. The van der Waals surface area contributed by atoms with E-state index in [0.29, 0.717) is 26.3 Å². The minimum atomic E-state index is -0.202. The van der Waals surface area contributed by atoms with Gasteiger partial charge in [-0.2, -0.15) is 0 Å². The zero-order valence-corrected chi connectivity index (χ0v) is 11.2. The summed E-state index contributed by atoms with van der Waals surface area (Å²) in [6.45, 7) is 8.17. The van der Waals surface area contributed by atoms with Gasteiger partial charge < -0.3 is 15.2 Å². The van der Waals surface area contributed by atoms with Crippen LogP contribution in [0, 0.1) is 5.41 Å². The van der Waals surface area contributed by atoms with Gasteiger partial charge in [0.15, 0.2) is 0 Å². The maximum atomic E-state index is 11.7. The first kappa shape index (κ1) is 14.4. The third-order valence-electron chi connectivity index (χ3n) is 2.69. The standard InChI is InChI=1S/C12H24N2O3/c1-11(2,3)13-10(16)5-14(4)6-12(7-15)8-17-9-12/h15H,5-9H2,1-4H3,(H,13,16). The van der Waals surface area contributed by atoms with Crippen LogP contribution < -0.4 is 5.32 Å². The Hall–Kier alpha value is -0.650. The number of likely N-dealkylation sites (N-methyl/N-ethyl adjacent to an activating group) is 1. The Morgan fingerprint density at radius 3 is 2.41 bits per heavy atom. The van der Waals surface area contributed by atoms with E-state index < -0.39 is 0 Å². The molecule has 1 amide bonds. The molecule has 0 saturated carbocycles. The number of carbonyl (C=O) groups is 1. The summed E-state index contributed by atoms with van der Waals surface area (Å²) in [5.41, 5.74) is -0.372. The maximum absolute atomic E-state index is 11.7. The molecule has 5 heteroatoms. The maximum Gasteiger partial charge on any atom is 0.234 e. The van der Waals surface area contributed by atoms with Crippen molar-refractivity contribution in [2.45, 2.75) is 26.3 Å². The van der Waals surface area contributed by atoms with Crippen molar-refractivity contribution in [1.82, 2.24) is 10.2 Å². The summed E-state index contributed by atoms with van der Waals surface area (Å²) in [5.74, 6) is 0.00771. The van der Waals surface area contributed by atoms with E-state index >= 15 is 0 Å². The molecule has 1 saturated heterocycles. The SMILES string of the molecule is CN(CC(=O)NC(C)(C)C)CC1(CO)COC1. The number of rotatable bonds is 5. The number of carbonyl (C=O) groups excluding carboxylic acids is 1. The summed E-state index contributed by atoms with van der Waals surface area (Å²) in [7, 11) is 1.89. The van der Waals surface area contributed by atoms with Gasteiger partial charge in [0, 0.05) is 12.1 Å². The molecule has 1 aliphatic heterocycles. The van der Waals surface area contributed by atoms with Gasteiger partial charge in [-0.05, 0) is 27.8 Å². The van der Waals surface area contributed by atoms with E-state index in [9.17, 15) is 9.90 Å². The van der Waals surface area contributed by atoms with Crippen LogP contribution in [0.25, 0.3) is 0 Å². The Bertz CT molecular complexity index is 264. The Labute approximate surface area is 103 Å². The van der Waals surface area contributed by atoms with Crippen LogP contribution in [-0.4, -0.2) is 61.4 Å². The third kappa shape index (κ3) is 4.61. The summed E-state index contributed by atoms with van der Waals surface area (Å²) >= 11 is 0. The molecular weight excluding hydrogens is 220 g/mol. The van der Waals surface area contributed by atoms with Gasteiger partial charge in [-0.3, -0.25) is 9.69 Å². The van der Waals surface area contributed by atoms with Gasteiger partial charge in [0.2, 0.25) is 5.91 Å². The highest BCUT2D eigenvalue weighted by atomic mass is 16.5. The quantitative estimate of drug-likeness (QED) is 0.705. The van der Waals surface area contributed by atoms with Gasteiger partial charge in [0.25, 0.3) is 0 Å². The molecule has 0 aromatic carbocycles. The number of aliphatic hydroxyl groups excluding tert-OH is 1. The van der Waals surface area contributed by atoms with Gasteiger partial charge in [-0.25, -0.2) is 0 Å². The predicted octanol–water partition coefficient (Wildman–Crippen LogP) is -0.158. The number of nitrogens with zero attached hydrogens (tertiary/aromatic N) is 1. The van der Waals surface area contributed by atoms with Crippen LogP contribution in [0.4, 0.5) is 0 Å². The molecule has 5 nitrogen and oxygen atoms in total. The number of ether oxygens (including phenoxy) is 1. The molecule has 0 bridgehead atoms. The van der Waals surface area contributed by atoms with Crippen LogP contribution in [-0.2, 0) is 9.53 Å². The van der Waals surface area contributed by atoms with Gasteiger partial charge in [-0.15, -0.1) is 0 Å². The van der Waals surface area contributed by atoms with E-state index in [2.05, 4.69) is 5.32 Å². The molecule has 17 heavy (non-hydrogen) atoms. The van der Waals surface area contributed by atoms with Crippen molar-refractivity contribution in [3.63, 3.8) is 0 Å². The Kier molecular flexibility index (Phi) is 4.52. The van der Waals surface area contributed by atoms with Gasteiger partial charge in [-0.1, -0.05) is 0 Å². The molecule has 0 unspecified atom stereocenters. The lowest BCUT2D eigenvalue weighted by atomic mass is 9.86. The minimum absolute atomic E-state index is 0.00771. The topological polar surface area (TPSA) is 61.8 Å². The number of aliphatic hydroxyl groups is 1. The van der Waals surface area contributed by atoms with Crippen molar-refractivity contribution in [1.29, 1.82) is 0 Å². The Morgan fingerprint density at radius 2 is 2.06 bits per heavy atom. The fourth-order valence-corrected chi connectivity index (χ4v) is 1.95. The first-order chi connectivity index (χ1) is 7.76. The molecule has 1 heterocycles. The van der Waals surface area contributed by atoms with E-state index in [4.69, 9.17) is 4.74 Å². The van der Waals surface area contributed by atoms with E-state index in [1.807, 2.05) is 32.7 Å². The molecule has 100 valence electrons. The number of amides is 1. The first-order valence-corrected chi connectivity index (χ1v) is 5.95. The average molecular weight is 244 g/mol. The van der Waals surface area contributed by atoms with Crippen LogP contribution >= 0.6 is 0 Å². The van der Waals surface area contributed by atoms with Crippen molar-refractivity contribution in [3.05, 3.63) is 0 Å². The average Bonchev–Trinajstić information content (AvgIpc) is 2.07. The third-order valence-corrected chi connectivity index (χ3v) is 2.69. The molecule has 0 radical (unpaired) electrons. The highest BCUT2D eigenvalue weighted by Gasteiger charge is 2.39. The number of hydrogen-bond donors (Lipinski definition) is 2. The van der Waals surface area contributed by atoms with E-state index in [0.717, 1.165) is 0 Å². The van der Waals surface area contributed by atoms with E-state index in [1.165, 1.54) is 0 Å². The van der Waals surface area contributed by atoms with Crippen molar-refractivity contribution in [3.8, 4) is 0 Å². The van der Waals surface area contributed by atoms with Crippen molar-refractivity contribution in [2.75, 3.05) is 40.0 Å². The summed E-state index contributed by atoms with van der Waals surface area (Å²) in [6, 6.07) is 0. The first-order valence-electron chi connectivity index (χ1n) is 5.95. The zero-order valence-electron chi connectivity index (χ0n) is 11.2. The van der Waals surface area contributed by atoms with E-state index in [-0.39, 0.29) is 23.5 Å². The lowest BCUT2D eigenvalue weighted by molar-refractivity contribution is -0.148. The molecule has 0 spiro atoms. The minimum Gasteiger partial charge on any atom is -0.396 e. The molecular formula is C12H24N2O3. The molecule has 0 aromatic rings. The molecule has 2 N–H and O–H groups in total. The van der Waals surface area contributed by atoms with Crippen molar-refractivity contribution in [2.24, 2.45) is 5.41 Å². The van der Waals surface area contributed by atoms with Gasteiger partial charge in [0.05, 0.1) is 31.8 Å². The normalized spacial score (nSPS) is 18.9. The van der Waals surface area contributed by atoms with Crippen LogP contribution in [0.2, 0.25) is 0 Å². The second-order valence-electron chi connectivity index (χ2n) is 6.12. The monoisotopic (exact) mass is 244 g/mol. The summed E-state index contributed by atoms with van der Waals surface area (Å²) in [4.78, 5) is 13.6. The Balaban J connectivity index is 2.34. The Morgan fingerprint density at radius 1 is 1.47 bits per heavy atom. The smallest absolute Gasteiger partial charge is 0.234 e. The van der Waals surface area contributed by atoms with Crippen LogP contribution in [0.3, 0.4) is 0 Å². The second kappa shape index (κ2) is 5.33. The fraction of sp³-hybridized carbons (Fsp3) is 0.917.